The van der Waals surface area contributed by atoms with Gasteiger partial charge in [0.2, 0.25) is 0 Å². The predicted molar refractivity (Wildman–Crippen MR) is 205 cm³/mol. The van der Waals surface area contributed by atoms with E-state index in [4.69, 9.17) is 15.0 Å². The zero-order chi connectivity index (χ0) is 36.5. The Bertz CT molecular complexity index is 3000. The first-order chi connectivity index (χ1) is 26.5. The summed E-state index contributed by atoms with van der Waals surface area (Å²) in [5, 5.41) is 4.10. The molecular formula is C45H29N5. The van der Waals surface area contributed by atoms with Crippen molar-refractivity contribution in [2.75, 3.05) is 0 Å². The molecule has 7 aromatic carbocycles. The number of rotatable bonds is 5. The normalized spacial score (nSPS) is 12.7. The Labute approximate surface area is 294 Å². The molecule has 234 valence electrons. The number of aromatic nitrogens is 5. The van der Waals surface area contributed by atoms with Gasteiger partial charge in [0.1, 0.15) is 0 Å². The van der Waals surface area contributed by atoms with Crippen molar-refractivity contribution in [2.24, 2.45) is 0 Å². The van der Waals surface area contributed by atoms with Gasteiger partial charge in [-0.3, -0.25) is 0 Å². The van der Waals surface area contributed by atoms with E-state index in [1.807, 2.05) is 114 Å². The first-order valence-electron chi connectivity index (χ1n) is 18.5. The highest BCUT2D eigenvalue weighted by Gasteiger charge is 2.19. The summed E-state index contributed by atoms with van der Waals surface area (Å²) < 4.78 is 42.0. The van der Waals surface area contributed by atoms with E-state index in [2.05, 4.69) is 47.0 Å². The molecule has 0 aliphatic heterocycles. The van der Waals surface area contributed by atoms with Crippen LogP contribution in [0.5, 0.6) is 0 Å². The summed E-state index contributed by atoms with van der Waals surface area (Å²) in [6.45, 7) is 0. The molecule has 0 N–H and O–H groups in total. The van der Waals surface area contributed by atoms with Crippen LogP contribution >= 0.6 is 0 Å². The molecule has 0 aliphatic carbocycles. The van der Waals surface area contributed by atoms with Gasteiger partial charge in [-0.15, -0.1) is 0 Å². The Kier molecular flexibility index (Phi) is 5.54. The lowest BCUT2D eigenvalue weighted by Crippen LogP contribution is -2.00. The van der Waals surface area contributed by atoms with Crippen LogP contribution in [0.2, 0.25) is 0 Å². The first-order valence-corrected chi connectivity index (χ1v) is 16.5. The minimum atomic E-state index is -0.236. The van der Waals surface area contributed by atoms with Crippen molar-refractivity contribution >= 4 is 43.6 Å². The zero-order valence-electron chi connectivity index (χ0n) is 30.7. The van der Waals surface area contributed by atoms with Crippen molar-refractivity contribution < 1.29 is 5.48 Å². The van der Waals surface area contributed by atoms with Crippen LogP contribution in [0.4, 0.5) is 0 Å². The summed E-state index contributed by atoms with van der Waals surface area (Å²) in [4.78, 5) is 14.3. The van der Waals surface area contributed by atoms with Gasteiger partial charge in [-0.25, -0.2) is 15.0 Å². The van der Waals surface area contributed by atoms with Gasteiger partial charge in [-0.2, -0.15) is 0 Å². The Morgan fingerprint density at radius 2 is 0.760 bits per heavy atom. The van der Waals surface area contributed by atoms with Crippen molar-refractivity contribution in [1.29, 1.82) is 0 Å². The molecule has 0 unspecified atom stereocenters. The van der Waals surface area contributed by atoms with E-state index < -0.39 is 0 Å². The second-order valence-electron chi connectivity index (χ2n) is 12.2. The molecule has 0 amide bonds. The van der Waals surface area contributed by atoms with Crippen LogP contribution < -0.4 is 0 Å². The number of para-hydroxylation sites is 3. The lowest BCUT2D eigenvalue weighted by atomic mass is 10.1. The van der Waals surface area contributed by atoms with Crippen molar-refractivity contribution in [3.63, 3.8) is 0 Å². The molecular weight excluding hydrogens is 611 g/mol. The highest BCUT2D eigenvalue weighted by atomic mass is 15.0. The molecule has 0 radical (unpaired) electrons. The third-order valence-corrected chi connectivity index (χ3v) is 9.24. The van der Waals surface area contributed by atoms with Crippen LogP contribution in [0.1, 0.15) is 5.48 Å². The number of nitrogens with zero attached hydrogens (tertiary/aromatic N) is 5. The smallest absolute Gasteiger partial charge is 0.164 e. The maximum absolute atomic E-state index is 9.52. The van der Waals surface area contributed by atoms with E-state index in [1.165, 1.54) is 0 Å². The van der Waals surface area contributed by atoms with Crippen molar-refractivity contribution in [2.45, 2.75) is 0 Å². The molecule has 10 rings (SSSR count). The molecule has 3 aromatic heterocycles. The highest BCUT2D eigenvalue weighted by molar-refractivity contribution is 6.19. The van der Waals surface area contributed by atoms with Crippen LogP contribution in [0.3, 0.4) is 0 Å². The van der Waals surface area contributed by atoms with E-state index in [0.29, 0.717) is 11.6 Å². The quantitative estimate of drug-likeness (QED) is 0.187. The Morgan fingerprint density at radius 1 is 0.340 bits per heavy atom. The molecule has 5 nitrogen and oxygen atoms in total. The van der Waals surface area contributed by atoms with Gasteiger partial charge in [-0.1, -0.05) is 115 Å². The Balaban J connectivity index is 1.26. The van der Waals surface area contributed by atoms with E-state index in [0.717, 1.165) is 60.4 Å². The molecule has 0 aliphatic rings. The third-order valence-electron chi connectivity index (χ3n) is 9.24. The van der Waals surface area contributed by atoms with Gasteiger partial charge in [0.05, 0.1) is 27.5 Å². The number of hydrogen-bond acceptors (Lipinski definition) is 3. The fourth-order valence-electron chi connectivity index (χ4n) is 6.98. The van der Waals surface area contributed by atoms with E-state index in [9.17, 15) is 5.48 Å². The summed E-state index contributed by atoms with van der Waals surface area (Å²) >= 11 is 0. The average molecular weight is 644 g/mol. The fourth-order valence-corrected chi connectivity index (χ4v) is 6.98. The number of fused-ring (bicyclic) bond motifs is 6. The molecule has 0 bridgehead atoms. The number of benzene rings is 7. The van der Waals surface area contributed by atoms with Gasteiger partial charge in [0.15, 0.2) is 17.5 Å². The Hall–Kier alpha value is -6.85. The van der Waals surface area contributed by atoms with Crippen molar-refractivity contribution in [3.05, 3.63) is 176 Å². The monoisotopic (exact) mass is 643 g/mol. The maximum atomic E-state index is 9.52. The summed E-state index contributed by atoms with van der Waals surface area (Å²) in [6, 6.07) is 48.9. The van der Waals surface area contributed by atoms with Crippen LogP contribution in [-0.2, 0) is 0 Å². The average Bonchev–Trinajstić information content (AvgIpc) is 3.72. The second kappa shape index (κ2) is 11.4. The molecule has 5 heteroatoms. The minimum absolute atomic E-state index is 0.0119. The largest absolute Gasteiger partial charge is 0.309 e. The standard InChI is InChI=1S/C45H29N5/c1-4-14-30(15-5-1)43-46-44(31-16-6-2-7-17-31)48-45(47-43)32-24-26-34(27-25-32)50-40-23-13-11-21-36(40)38-28-37-35-20-10-12-22-39(35)49(41(37)29-42(38)50)33-18-8-3-9-19-33/h1-29H/i24D,25D,26D,27D. The van der Waals surface area contributed by atoms with Gasteiger partial charge < -0.3 is 9.13 Å². The molecule has 0 saturated carbocycles. The summed E-state index contributed by atoms with van der Waals surface area (Å²) in [7, 11) is 0. The lowest BCUT2D eigenvalue weighted by Gasteiger charge is -2.11. The molecule has 0 fully saturated rings. The predicted octanol–water partition coefficient (Wildman–Crippen LogP) is 11.1. The third kappa shape index (κ3) is 4.52. The SMILES string of the molecule is [2H]c1c([2H])c(-n2c3ccccc3c3cc4c5ccccc5n(-c5ccccc5)c4cc32)c([2H])c([2H])c1-c1nc(-c2ccccc2)nc(-c2ccccc2)n1. The van der Waals surface area contributed by atoms with Crippen LogP contribution in [-0.4, -0.2) is 24.1 Å². The Morgan fingerprint density at radius 3 is 1.28 bits per heavy atom. The van der Waals surface area contributed by atoms with E-state index in [1.54, 1.807) is 0 Å². The summed E-state index contributed by atoms with van der Waals surface area (Å²) in [5.41, 5.74) is 6.26. The zero-order valence-corrected chi connectivity index (χ0v) is 26.7. The number of hydrogen-bond donors (Lipinski definition) is 0. The second-order valence-corrected chi connectivity index (χ2v) is 12.2. The molecule has 3 heterocycles. The van der Waals surface area contributed by atoms with Crippen molar-refractivity contribution in [3.8, 4) is 45.5 Å². The van der Waals surface area contributed by atoms with Crippen LogP contribution in [0, 0.1) is 0 Å². The maximum Gasteiger partial charge on any atom is 0.164 e. The first kappa shape index (κ1) is 24.3. The molecule has 0 spiro atoms. The van der Waals surface area contributed by atoms with E-state index >= 15 is 0 Å². The van der Waals surface area contributed by atoms with Gasteiger partial charge in [0, 0.05) is 49.6 Å². The fraction of sp³-hybridized carbons (Fsp3) is 0. The van der Waals surface area contributed by atoms with Gasteiger partial charge in [-0.05, 0) is 60.6 Å². The van der Waals surface area contributed by atoms with Crippen LogP contribution in [0.25, 0.3) is 89.2 Å². The molecule has 0 atom stereocenters. The highest BCUT2D eigenvalue weighted by Crippen LogP contribution is 2.39. The topological polar surface area (TPSA) is 48.5 Å². The summed E-state index contributed by atoms with van der Waals surface area (Å²) in [5.74, 6) is 0.823. The minimum Gasteiger partial charge on any atom is -0.309 e. The van der Waals surface area contributed by atoms with Crippen molar-refractivity contribution in [1.82, 2.24) is 24.1 Å². The van der Waals surface area contributed by atoms with E-state index in [-0.39, 0.29) is 41.2 Å². The van der Waals surface area contributed by atoms with Gasteiger partial charge >= 0.3 is 0 Å². The molecule has 50 heavy (non-hydrogen) atoms. The molecule has 0 saturated heterocycles. The van der Waals surface area contributed by atoms with Crippen LogP contribution in [0.15, 0.2) is 176 Å². The molecule has 10 aromatic rings. The summed E-state index contributed by atoms with van der Waals surface area (Å²) in [6.07, 6.45) is 0. The van der Waals surface area contributed by atoms with Gasteiger partial charge in [0.25, 0.3) is 0 Å². The lowest BCUT2D eigenvalue weighted by molar-refractivity contribution is 1.07.